The summed E-state index contributed by atoms with van der Waals surface area (Å²) in [6, 6.07) is 11.2. The summed E-state index contributed by atoms with van der Waals surface area (Å²) in [4.78, 5) is 14.8. The molecule has 3 aromatic rings. The highest BCUT2D eigenvalue weighted by molar-refractivity contribution is 5.67. The number of H-pyrrole nitrogens is 1. The van der Waals surface area contributed by atoms with Gasteiger partial charge in [0, 0.05) is 12.6 Å². The first kappa shape index (κ1) is 21.6. The van der Waals surface area contributed by atoms with Crippen LogP contribution >= 0.6 is 0 Å². The number of aromatic amines is 1. The Bertz CT molecular complexity index is 1050. The molecule has 0 bridgehead atoms. The molecule has 2 aromatic carbocycles. The molecule has 0 saturated carbocycles. The summed E-state index contributed by atoms with van der Waals surface area (Å²) in [6.07, 6.45) is 0. The molecule has 0 unspecified atom stereocenters. The highest BCUT2D eigenvalue weighted by Crippen LogP contribution is 2.36. The van der Waals surface area contributed by atoms with E-state index >= 15 is 0 Å². The Hall–Kier alpha value is -3.06. The van der Waals surface area contributed by atoms with Gasteiger partial charge in [0.05, 0.1) is 12.1 Å². The molecule has 0 aliphatic heterocycles. The largest absolute Gasteiger partial charge is 0.508 e. The third-order valence-electron chi connectivity index (χ3n) is 5.43. The van der Waals surface area contributed by atoms with Crippen molar-refractivity contribution in [1.29, 1.82) is 0 Å². The molecule has 1 heterocycles. The fraction of sp³-hybridized carbons (Fsp3) is 0.391. The van der Waals surface area contributed by atoms with Crippen LogP contribution in [0.4, 0.5) is 0 Å². The lowest BCUT2D eigenvalue weighted by Crippen LogP contribution is -2.22. The number of nitrogens with zero attached hydrogens (tertiary/aromatic N) is 3. The second-order valence-corrected chi connectivity index (χ2v) is 7.80. The molecule has 7 nitrogen and oxygen atoms in total. The Kier molecular flexibility index (Phi) is 6.62. The van der Waals surface area contributed by atoms with Gasteiger partial charge >= 0.3 is 5.69 Å². The minimum Gasteiger partial charge on any atom is -0.508 e. The van der Waals surface area contributed by atoms with E-state index in [2.05, 4.69) is 41.1 Å². The predicted octanol–water partition coefficient (Wildman–Crippen LogP) is 3.66. The van der Waals surface area contributed by atoms with Crippen molar-refractivity contribution in [3.8, 4) is 22.9 Å². The van der Waals surface area contributed by atoms with Gasteiger partial charge in [0.15, 0.2) is 5.82 Å². The third-order valence-corrected chi connectivity index (χ3v) is 5.43. The number of aromatic hydroxyl groups is 2. The Morgan fingerprint density at radius 2 is 1.67 bits per heavy atom. The number of nitrogens with one attached hydrogen (secondary N) is 1. The van der Waals surface area contributed by atoms with Crippen LogP contribution in [0.15, 0.2) is 41.2 Å². The van der Waals surface area contributed by atoms with Crippen molar-refractivity contribution in [2.45, 2.75) is 46.7 Å². The molecule has 3 rings (SSSR count). The molecule has 30 heavy (non-hydrogen) atoms. The van der Waals surface area contributed by atoms with Crippen LogP contribution in [0.3, 0.4) is 0 Å². The highest BCUT2D eigenvalue weighted by Gasteiger charge is 2.18. The molecule has 0 aliphatic rings. The summed E-state index contributed by atoms with van der Waals surface area (Å²) in [5.41, 5.74) is 2.93. The molecule has 0 aliphatic carbocycles. The van der Waals surface area contributed by atoms with Crippen LogP contribution in [0.5, 0.6) is 11.5 Å². The normalized spacial score (nSPS) is 11.5. The van der Waals surface area contributed by atoms with E-state index in [1.165, 1.54) is 16.2 Å². The van der Waals surface area contributed by atoms with Crippen LogP contribution in [0, 0.1) is 0 Å². The molecular weight excluding hydrogens is 380 g/mol. The number of phenols is 2. The lowest BCUT2D eigenvalue weighted by atomic mass is 9.98. The van der Waals surface area contributed by atoms with Gasteiger partial charge in [-0.3, -0.25) is 9.47 Å². The number of hydrogen-bond donors (Lipinski definition) is 3. The van der Waals surface area contributed by atoms with Gasteiger partial charge in [0.25, 0.3) is 0 Å². The van der Waals surface area contributed by atoms with Gasteiger partial charge in [-0.05, 0) is 41.8 Å². The molecule has 0 saturated heterocycles. The Labute approximate surface area is 176 Å². The Balaban J connectivity index is 1.91. The van der Waals surface area contributed by atoms with Gasteiger partial charge in [-0.1, -0.05) is 52.0 Å². The van der Waals surface area contributed by atoms with Crippen LogP contribution in [0.2, 0.25) is 0 Å². The fourth-order valence-electron chi connectivity index (χ4n) is 3.54. The van der Waals surface area contributed by atoms with Crippen LogP contribution in [0.25, 0.3) is 11.4 Å². The molecular formula is C23H30N4O3. The van der Waals surface area contributed by atoms with E-state index < -0.39 is 0 Å². The van der Waals surface area contributed by atoms with E-state index in [4.69, 9.17) is 0 Å². The molecule has 1 aromatic heterocycles. The first-order chi connectivity index (χ1) is 14.3. The van der Waals surface area contributed by atoms with Gasteiger partial charge in [0.2, 0.25) is 0 Å². The van der Waals surface area contributed by atoms with Gasteiger partial charge in [-0.25, -0.2) is 9.89 Å². The number of benzene rings is 2. The molecule has 3 N–H and O–H groups in total. The van der Waals surface area contributed by atoms with Crippen LogP contribution < -0.4 is 5.69 Å². The summed E-state index contributed by atoms with van der Waals surface area (Å²) in [5, 5.41) is 27.1. The third kappa shape index (κ3) is 4.57. The van der Waals surface area contributed by atoms with E-state index in [0.29, 0.717) is 23.5 Å². The first-order valence-corrected chi connectivity index (χ1v) is 10.4. The predicted molar refractivity (Wildman–Crippen MR) is 118 cm³/mol. The van der Waals surface area contributed by atoms with Crippen molar-refractivity contribution in [1.82, 2.24) is 19.7 Å². The molecule has 0 spiro atoms. The Morgan fingerprint density at radius 3 is 2.27 bits per heavy atom. The zero-order valence-corrected chi connectivity index (χ0v) is 18.0. The van der Waals surface area contributed by atoms with Crippen molar-refractivity contribution in [3.05, 3.63) is 63.6 Å². The molecule has 160 valence electrons. The van der Waals surface area contributed by atoms with Crippen molar-refractivity contribution in [2.24, 2.45) is 0 Å². The standard InChI is InChI=1S/C23H30N4O3/c1-5-26(6-2)13-16-7-9-17(10-8-16)14-27-22(24-25-23(27)30)19-11-18(15(3)4)20(28)12-21(19)29/h7-12,15,28-29H,5-6,13-14H2,1-4H3,(H,25,30). The molecule has 0 radical (unpaired) electrons. The summed E-state index contributed by atoms with van der Waals surface area (Å²) < 4.78 is 1.50. The van der Waals surface area contributed by atoms with Crippen LogP contribution in [-0.4, -0.2) is 43.0 Å². The first-order valence-electron chi connectivity index (χ1n) is 10.4. The fourth-order valence-corrected chi connectivity index (χ4v) is 3.54. The second kappa shape index (κ2) is 9.17. The monoisotopic (exact) mass is 410 g/mol. The molecule has 7 heteroatoms. The number of aromatic nitrogens is 3. The molecule has 0 amide bonds. The van der Waals surface area contributed by atoms with E-state index in [0.717, 1.165) is 25.2 Å². The van der Waals surface area contributed by atoms with E-state index in [-0.39, 0.29) is 23.1 Å². The molecule has 0 fully saturated rings. The summed E-state index contributed by atoms with van der Waals surface area (Å²) in [5.74, 6) is 0.305. The van der Waals surface area contributed by atoms with Crippen LogP contribution in [-0.2, 0) is 13.1 Å². The highest BCUT2D eigenvalue weighted by atomic mass is 16.3. The van der Waals surface area contributed by atoms with E-state index in [1.807, 2.05) is 26.0 Å². The smallest absolute Gasteiger partial charge is 0.343 e. The second-order valence-electron chi connectivity index (χ2n) is 7.80. The van der Waals surface area contributed by atoms with Gasteiger partial charge < -0.3 is 10.2 Å². The van der Waals surface area contributed by atoms with Crippen molar-refractivity contribution in [3.63, 3.8) is 0 Å². The number of phenolic OH excluding ortho intramolecular Hbond substituents is 2. The Morgan fingerprint density at radius 1 is 1.03 bits per heavy atom. The van der Waals surface area contributed by atoms with Gasteiger partial charge in [0.1, 0.15) is 11.5 Å². The van der Waals surface area contributed by atoms with Crippen molar-refractivity contribution < 1.29 is 10.2 Å². The minimum absolute atomic E-state index is 0.0273. The average molecular weight is 411 g/mol. The summed E-state index contributed by atoms with van der Waals surface area (Å²) in [7, 11) is 0. The topological polar surface area (TPSA) is 94.4 Å². The maximum Gasteiger partial charge on any atom is 0.343 e. The van der Waals surface area contributed by atoms with Gasteiger partial charge in [-0.15, -0.1) is 0 Å². The maximum atomic E-state index is 12.4. The lowest BCUT2D eigenvalue weighted by molar-refractivity contribution is 0.296. The maximum absolute atomic E-state index is 12.4. The zero-order chi connectivity index (χ0) is 21.8. The van der Waals surface area contributed by atoms with Crippen LogP contribution in [0.1, 0.15) is 50.3 Å². The average Bonchev–Trinajstić information content (AvgIpc) is 3.07. The quantitative estimate of drug-likeness (QED) is 0.527. The van der Waals surface area contributed by atoms with E-state index in [9.17, 15) is 15.0 Å². The lowest BCUT2D eigenvalue weighted by Gasteiger charge is -2.18. The van der Waals surface area contributed by atoms with Crippen molar-refractivity contribution >= 4 is 0 Å². The zero-order valence-electron chi connectivity index (χ0n) is 18.0. The SMILES string of the molecule is CCN(CC)Cc1ccc(Cn2c(-c3cc(C(C)C)c(O)cc3O)n[nH]c2=O)cc1. The summed E-state index contributed by atoms with van der Waals surface area (Å²) in [6.45, 7) is 11.4. The van der Waals surface area contributed by atoms with Crippen molar-refractivity contribution in [2.75, 3.05) is 13.1 Å². The summed E-state index contributed by atoms with van der Waals surface area (Å²) >= 11 is 0. The van der Waals surface area contributed by atoms with E-state index in [1.54, 1.807) is 6.07 Å². The minimum atomic E-state index is -0.351. The van der Waals surface area contributed by atoms with Gasteiger partial charge in [-0.2, -0.15) is 5.10 Å². The number of rotatable bonds is 8. The molecule has 0 atom stereocenters. The number of hydrogen-bond acceptors (Lipinski definition) is 5.